The molecule has 1 aliphatic carbocycles. The normalized spacial score (nSPS) is 22.2. The zero-order valence-corrected chi connectivity index (χ0v) is 19.0. The van der Waals surface area contributed by atoms with Crippen molar-refractivity contribution >= 4 is 22.5 Å². The maximum Gasteiger partial charge on any atom is 0.254 e. The van der Waals surface area contributed by atoms with Gasteiger partial charge in [-0.25, -0.2) is 0 Å². The lowest BCUT2D eigenvalue weighted by molar-refractivity contribution is 0.0781. The molecule has 0 N–H and O–H groups in total. The number of ketones is 1. The molecule has 2 saturated heterocycles. The van der Waals surface area contributed by atoms with E-state index in [4.69, 9.17) is 0 Å². The van der Waals surface area contributed by atoms with Gasteiger partial charge in [-0.15, -0.1) is 0 Å². The lowest BCUT2D eigenvalue weighted by Gasteiger charge is -2.40. The van der Waals surface area contributed by atoms with Gasteiger partial charge in [0, 0.05) is 42.6 Å². The molecule has 0 radical (unpaired) electrons. The highest BCUT2D eigenvalue weighted by atomic mass is 16.2. The SMILES string of the molecule is O=C1CC2(CCN(CC3CCN(C(=O)c4cccc5ccccc45)C3)CC2)c2ccccc21. The van der Waals surface area contributed by atoms with Gasteiger partial charge in [-0.05, 0) is 60.7 Å². The van der Waals surface area contributed by atoms with Crippen LogP contribution in [0.25, 0.3) is 10.8 Å². The summed E-state index contributed by atoms with van der Waals surface area (Å²) in [6.07, 6.45) is 3.86. The zero-order chi connectivity index (χ0) is 22.4. The van der Waals surface area contributed by atoms with Crippen molar-refractivity contribution in [3.8, 4) is 0 Å². The molecule has 1 unspecified atom stereocenters. The number of hydrogen-bond acceptors (Lipinski definition) is 3. The van der Waals surface area contributed by atoms with Gasteiger partial charge in [-0.2, -0.15) is 0 Å². The standard InChI is InChI=1S/C29H30N2O2/c32-27-18-29(26-11-4-3-9-25(26)27)13-16-30(17-14-29)19-21-12-15-31(20-21)28(33)24-10-5-7-22-6-1-2-8-23(22)24/h1-11,21H,12-20H2. The molecule has 3 aliphatic rings. The molecule has 0 aromatic heterocycles. The number of rotatable bonds is 3. The monoisotopic (exact) mass is 438 g/mol. The average molecular weight is 439 g/mol. The Morgan fingerprint density at radius 1 is 0.909 bits per heavy atom. The number of hydrogen-bond donors (Lipinski definition) is 0. The summed E-state index contributed by atoms with van der Waals surface area (Å²) in [6.45, 7) is 4.80. The number of amides is 1. The number of likely N-dealkylation sites (tertiary alicyclic amines) is 2. The zero-order valence-electron chi connectivity index (χ0n) is 19.0. The number of piperidine rings is 1. The van der Waals surface area contributed by atoms with Gasteiger partial charge in [0.15, 0.2) is 5.78 Å². The molecule has 33 heavy (non-hydrogen) atoms. The summed E-state index contributed by atoms with van der Waals surface area (Å²) in [7, 11) is 0. The van der Waals surface area contributed by atoms with E-state index in [1.807, 2.05) is 47.4 Å². The molecule has 2 fully saturated rings. The van der Waals surface area contributed by atoms with E-state index < -0.39 is 0 Å². The molecular formula is C29H30N2O2. The third kappa shape index (κ3) is 3.57. The fourth-order valence-electron chi connectivity index (χ4n) is 6.41. The molecular weight excluding hydrogens is 408 g/mol. The van der Waals surface area contributed by atoms with Crippen molar-refractivity contribution in [1.29, 1.82) is 0 Å². The van der Waals surface area contributed by atoms with Crippen molar-refractivity contribution in [3.05, 3.63) is 83.4 Å². The van der Waals surface area contributed by atoms with Crippen molar-refractivity contribution in [2.24, 2.45) is 5.92 Å². The molecule has 0 saturated carbocycles. The van der Waals surface area contributed by atoms with Crippen LogP contribution in [-0.2, 0) is 5.41 Å². The van der Waals surface area contributed by atoms with Crippen molar-refractivity contribution in [1.82, 2.24) is 9.80 Å². The van der Waals surface area contributed by atoms with Crippen LogP contribution < -0.4 is 0 Å². The highest BCUT2D eigenvalue weighted by molar-refractivity contribution is 6.07. The van der Waals surface area contributed by atoms with Crippen molar-refractivity contribution < 1.29 is 9.59 Å². The molecule has 1 atom stereocenters. The van der Waals surface area contributed by atoms with Gasteiger partial charge in [-0.1, -0.05) is 60.7 Å². The Hall–Kier alpha value is -2.98. The van der Waals surface area contributed by atoms with E-state index in [0.717, 1.165) is 73.9 Å². The molecule has 2 heterocycles. The molecule has 1 spiro atoms. The Labute approximate surface area is 195 Å². The van der Waals surface area contributed by atoms with Crippen molar-refractivity contribution in [3.63, 3.8) is 0 Å². The van der Waals surface area contributed by atoms with Gasteiger partial charge in [-0.3, -0.25) is 9.59 Å². The largest absolute Gasteiger partial charge is 0.338 e. The van der Waals surface area contributed by atoms with Gasteiger partial charge >= 0.3 is 0 Å². The number of benzene rings is 3. The first kappa shape index (κ1) is 20.6. The molecule has 6 rings (SSSR count). The minimum absolute atomic E-state index is 0.0518. The quantitative estimate of drug-likeness (QED) is 0.583. The van der Waals surface area contributed by atoms with Crippen molar-refractivity contribution in [2.75, 3.05) is 32.7 Å². The smallest absolute Gasteiger partial charge is 0.254 e. The predicted molar refractivity (Wildman–Crippen MR) is 131 cm³/mol. The topological polar surface area (TPSA) is 40.6 Å². The Bertz CT molecular complexity index is 1220. The second-order valence-corrected chi connectivity index (χ2v) is 10.2. The molecule has 3 aromatic rings. The molecule has 168 valence electrons. The summed E-state index contributed by atoms with van der Waals surface area (Å²) >= 11 is 0. The average Bonchev–Trinajstić information content (AvgIpc) is 3.43. The van der Waals surface area contributed by atoms with Crippen LogP contribution in [0.15, 0.2) is 66.7 Å². The second-order valence-electron chi connectivity index (χ2n) is 10.2. The van der Waals surface area contributed by atoms with E-state index in [0.29, 0.717) is 18.1 Å². The van der Waals surface area contributed by atoms with Crippen LogP contribution in [0.1, 0.15) is 52.0 Å². The first-order valence-electron chi connectivity index (χ1n) is 12.3. The van der Waals surface area contributed by atoms with Crippen LogP contribution in [0.5, 0.6) is 0 Å². The number of nitrogens with zero attached hydrogens (tertiary/aromatic N) is 2. The lowest BCUT2D eigenvalue weighted by Crippen LogP contribution is -2.44. The molecule has 1 amide bonds. The van der Waals surface area contributed by atoms with Gasteiger partial charge in [0.1, 0.15) is 0 Å². The summed E-state index contributed by atoms with van der Waals surface area (Å²) in [6, 6.07) is 22.4. The highest BCUT2D eigenvalue weighted by Crippen LogP contribution is 2.46. The minimum Gasteiger partial charge on any atom is -0.338 e. The first-order chi connectivity index (χ1) is 16.1. The summed E-state index contributed by atoms with van der Waals surface area (Å²) in [5.41, 5.74) is 3.10. The van der Waals surface area contributed by atoms with E-state index in [2.05, 4.69) is 29.2 Å². The van der Waals surface area contributed by atoms with Crippen LogP contribution in [0.2, 0.25) is 0 Å². The minimum atomic E-state index is 0.0518. The van der Waals surface area contributed by atoms with E-state index in [-0.39, 0.29) is 11.3 Å². The third-order valence-electron chi connectivity index (χ3n) is 8.22. The summed E-state index contributed by atoms with van der Waals surface area (Å²) < 4.78 is 0. The van der Waals surface area contributed by atoms with E-state index in [1.165, 1.54) is 5.56 Å². The first-order valence-corrected chi connectivity index (χ1v) is 12.3. The van der Waals surface area contributed by atoms with Gasteiger partial charge < -0.3 is 9.80 Å². The lowest BCUT2D eigenvalue weighted by atomic mass is 9.73. The fraction of sp³-hybridized carbons (Fsp3) is 0.379. The predicted octanol–water partition coefficient (Wildman–Crippen LogP) is 4.92. The Morgan fingerprint density at radius 3 is 2.55 bits per heavy atom. The summed E-state index contributed by atoms with van der Waals surface area (Å²) in [4.78, 5) is 30.5. The van der Waals surface area contributed by atoms with E-state index >= 15 is 0 Å². The highest BCUT2D eigenvalue weighted by Gasteiger charge is 2.45. The number of carbonyl (C=O) groups is 2. The van der Waals surface area contributed by atoms with Crippen LogP contribution in [-0.4, -0.2) is 54.2 Å². The maximum atomic E-state index is 13.3. The van der Waals surface area contributed by atoms with E-state index in [1.54, 1.807) is 0 Å². The van der Waals surface area contributed by atoms with Crippen LogP contribution in [0.3, 0.4) is 0 Å². The second kappa shape index (κ2) is 8.11. The number of carbonyl (C=O) groups excluding carboxylic acids is 2. The Morgan fingerprint density at radius 2 is 1.67 bits per heavy atom. The Balaban J connectivity index is 1.09. The number of Topliss-reactive ketones (excluding diaryl/α,β-unsaturated/α-hetero) is 1. The third-order valence-corrected chi connectivity index (χ3v) is 8.22. The van der Waals surface area contributed by atoms with E-state index in [9.17, 15) is 9.59 Å². The maximum absolute atomic E-state index is 13.3. The summed E-state index contributed by atoms with van der Waals surface area (Å²) in [5.74, 6) is 1.00. The Kier molecular flexibility index (Phi) is 5.06. The molecule has 4 nitrogen and oxygen atoms in total. The van der Waals surface area contributed by atoms with Crippen LogP contribution in [0, 0.1) is 5.92 Å². The fourth-order valence-corrected chi connectivity index (χ4v) is 6.41. The van der Waals surface area contributed by atoms with Gasteiger partial charge in [0.25, 0.3) is 5.91 Å². The molecule has 3 aromatic carbocycles. The summed E-state index contributed by atoms with van der Waals surface area (Å²) in [5, 5.41) is 2.16. The van der Waals surface area contributed by atoms with Crippen LogP contribution in [0.4, 0.5) is 0 Å². The van der Waals surface area contributed by atoms with Gasteiger partial charge in [0.05, 0.1) is 0 Å². The molecule has 0 bridgehead atoms. The number of fused-ring (bicyclic) bond motifs is 3. The van der Waals surface area contributed by atoms with Gasteiger partial charge in [0.2, 0.25) is 0 Å². The van der Waals surface area contributed by atoms with Crippen LogP contribution >= 0.6 is 0 Å². The van der Waals surface area contributed by atoms with Crippen molar-refractivity contribution in [2.45, 2.75) is 31.1 Å². The molecule has 4 heteroatoms. The molecule has 2 aliphatic heterocycles.